The molecule has 0 aromatic heterocycles. The minimum Gasteiger partial charge on any atom is -0.780 e. The van der Waals surface area contributed by atoms with E-state index in [-0.39, 0.29) is 59.1 Å². The number of carbonyl (C=O) groups is 1. The minimum absolute atomic E-state index is 0. The van der Waals surface area contributed by atoms with Crippen LogP contribution in [-0.2, 0) is 18.6 Å². The van der Waals surface area contributed by atoms with Gasteiger partial charge in [0.2, 0.25) is 5.76 Å². The third kappa shape index (κ3) is 5.48. The second-order valence-electron chi connectivity index (χ2n) is 2.83. The Morgan fingerprint density at radius 2 is 1.94 bits per heavy atom. The van der Waals surface area contributed by atoms with Gasteiger partial charge in [-0.15, -0.1) is 0 Å². The fourth-order valence-electron chi connectivity index (χ4n) is 1.02. The molecule has 0 aromatic carbocycles. The van der Waals surface area contributed by atoms with Gasteiger partial charge in [-0.05, 0) is 0 Å². The van der Waals surface area contributed by atoms with Gasteiger partial charge < -0.3 is 38.9 Å². The van der Waals surface area contributed by atoms with Crippen molar-refractivity contribution in [3.05, 3.63) is 11.5 Å². The van der Waals surface area contributed by atoms with Crippen molar-refractivity contribution in [1.29, 1.82) is 0 Å². The van der Waals surface area contributed by atoms with Crippen LogP contribution in [0.1, 0.15) is 0 Å². The van der Waals surface area contributed by atoms with Gasteiger partial charge in [-0.1, -0.05) is 0 Å². The van der Waals surface area contributed by atoms with Gasteiger partial charge in [0, 0.05) is 0 Å². The van der Waals surface area contributed by atoms with E-state index >= 15 is 0 Å². The summed E-state index contributed by atoms with van der Waals surface area (Å²) < 4.78 is 18.4. The van der Waals surface area contributed by atoms with Gasteiger partial charge in [0.25, 0.3) is 0 Å². The average Bonchev–Trinajstić information content (AvgIpc) is 2.43. The molecule has 0 aromatic rings. The fourth-order valence-corrected chi connectivity index (χ4v) is 1.46. The maximum atomic E-state index is 10.8. The van der Waals surface area contributed by atoms with Crippen molar-refractivity contribution >= 4 is 13.8 Å². The molecule has 12 heteroatoms. The van der Waals surface area contributed by atoms with E-state index in [4.69, 9.17) is 15.3 Å². The van der Waals surface area contributed by atoms with Crippen LogP contribution in [0, 0.1) is 0 Å². The number of carbonyl (C=O) groups excluding carboxylic acids is 1. The number of rotatable bonds is 4. The number of ether oxygens (including phenoxy) is 1. The van der Waals surface area contributed by atoms with Crippen LogP contribution >= 0.6 is 7.82 Å². The summed E-state index contributed by atoms with van der Waals surface area (Å²) in [7, 11) is -5.51. The maximum absolute atomic E-state index is 10.8. The zero-order valence-electron chi connectivity index (χ0n) is 9.60. The van der Waals surface area contributed by atoms with Crippen molar-refractivity contribution in [1.82, 2.24) is 0 Å². The molecule has 2 atom stereocenters. The number of cyclic esters (lactones) is 1. The summed E-state index contributed by atoms with van der Waals surface area (Å²) in [5.41, 5.74) is 0. The van der Waals surface area contributed by atoms with Gasteiger partial charge in [-0.25, -0.2) is 4.79 Å². The van der Waals surface area contributed by atoms with Gasteiger partial charge in [0.1, 0.15) is 13.9 Å². The molecule has 3 N–H and O–H groups in total. The molecular weight excluding hydrogens is 293 g/mol. The minimum atomic E-state index is -5.51. The van der Waals surface area contributed by atoms with Crippen LogP contribution in [0.25, 0.3) is 0 Å². The number of phosphoric ester groups is 1. The van der Waals surface area contributed by atoms with E-state index in [1.54, 1.807) is 0 Å². The van der Waals surface area contributed by atoms with Gasteiger partial charge >= 0.3 is 65.1 Å². The summed E-state index contributed by atoms with van der Waals surface area (Å²) in [6.45, 7) is -0.889. The van der Waals surface area contributed by atoms with E-state index in [9.17, 15) is 19.1 Å². The third-order valence-corrected chi connectivity index (χ3v) is 2.09. The number of esters is 1. The monoisotopic (exact) mass is 300 g/mol. The largest absolute Gasteiger partial charge is 1.00 e. The molecule has 0 aliphatic carbocycles. The molecule has 0 amide bonds. The molecule has 92 valence electrons. The molecule has 0 bridgehead atoms. The van der Waals surface area contributed by atoms with Gasteiger partial charge in [0.15, 0.2) is 11.9 Å². The standard InChI is InChI=1S/C6H9O9P.2Na/c7-1-2(8)4-5(15-16(11,12)13)3(9)6(10)14-4;;/h2,4,7-9H,1H2,(H2,11,12,13);;/q;2*+1/p-2/t2-,4+;;/m0../s1. The molecule has 1 heterocycles. The summed E-state index contributed by atoms with van der Waals surface area (Å²) in [6.07, 6.45) is -3.44. The molecule has 1 aliphatic heterocycles. The second-order valence-corrected chi connectivity index (χ2v) is 3.90. The first kappa shape index (κ1) is 21.2. The van der Waals surface area contributed by atoms with Gasteiger partial charge in [-0.2, -0.15) is 0 Å². The van der Waals surface area contributed by atoms with Crippen molar-refractivity contribution < 1.29 is 103 Å². The van der Waals surface area contributed by atoms with E-state index in [2.05, 4.69) is 9.26 Å². The molecule has 0 unspecified atom stereocenters. The Hall–Kier alpha value is 0.880. The van der Waals surface area contributed by atoms with Crippen LogP contribution in [-0.4, -0.2) is 40.1 Å². The second kappa shape index (κ2) is 8.23. The van der Waals surface area contributed by atoms with Crippen LogP contribution in [0.3, 0.4) is 0 Å². The Bertz CT molecular complexity index is 377. The maximum Gasteiger partial charge on any atom is 1.00 e. The molecule has 0 radical (unpaired) electrons. The summed E-state index contributed by atoms with van der Waals surface area (Å²) in [5.74, 6) is -3.62. The Kier molecular flexibility index (Phi) is 9.69. The van der Waals surface area contributed by atoms with Crippen LogP contribution in [0.2, 0.25) is 0 Å². The zero-order valence-corrected chi connectivity index (χ0v) is 14.5. The quantitative estimate of drug-likeness (QED) is 0.260. The summed E-state index contributed by atoms with van der Waals surface area (Å²) in [6, 6.07) is 0. The van der Waals surface area contributed by atoms with E-state index in [1.165, 1.54) is 0 Å². The summed E-state index contributed by atoms with van der Waals surface area (Å²) in [4.78, 5) is 31.4. The zero-order chi connectivity index (χ0) is 12.5. The summed E-state index contributed by atoms with van der Waals surface area (Å²) >= 11 is 0. The Morgan fingerprint density at radius 3 is 2.33 bits per heavy atom. The van der Waals surface area contributed by atoms with Crippen molar-refractivity contribution in [2.45, 2.75) is 12.2 Å². The molecule has 18 heavy (non-hydrogen) atoms. The number of hydrogen-bond donors (Lipinski definition) is 3. The number of aliphatic hydroxyl groups excluding tert-OH is 3. The SMILES string of the molecule is O=C1O[C@H]([C@@H](O)CO)C(OP(=O)([O-])[O-])=C1O.[Na+].[Na+]. The molecule has 9 nitrogen and oxygen atoms in total. The molecule has 0 saturated carbocycles. The smallest absolute Gasteiger partial charge is 0.780 e. The topological polar surface area (TPSA) is 159 Å². The van der Waals surface area contributed by atoms with E-state index < -0.39 is 44.1 Å². The van der Waals surface area contributed by atoms with Gasteiger partial charge in [0.05, 0.1) is 6.61 Å². The number of hydrogen-bond acceptors (Lipinski definition) is 9. The first-order chi connectivity index (χ1) is 7.26. The van der Waals surface area contributed by atoms with Crippen molar-refractivity contribution in [2.75, 3.05) is 6.61 Å². The average molecular weight is 300 g/mol. The van der Waals surface area contributed by atoms with Crippen molar-refractivity contribution in [3.63, 3.8) is 0 Å². The fraction of sp³-hybridized carbons (Fsp3) is 0.500. The molecule has 1 rings (SSSR count). The van der Waals surface area contributed by atoms with Crippen molar-refractivity contribution in [2.24, 2.45) is 0 Å². The first-order valence-electron chi connectivity index (χ1n) is 3.91. The van der Waals surface area contributed by atoms with Crippen LogP contribution in [0.5, 0.6) is 0 Å². The summed E-state index contributed by atoms with van der Waals surface area (Å²) in [5, 5.41) is 26.7. The van der Waals surface area contributed by atoms with Crippen LogP contribution < -0.4 is 68.9 Å². The predicted octanol–water partition coefficient (Wildman–Crippen LogP) is -9.11. The Morgan fingerprint density at radius 1 is 1.44 bits per heavy atom. The molecule has 1 aliphatic rings. The first-order valence-corrected chi connectivity index (χ1v) is 5.37. The van der Waals surface area contributed by atoms with Crippen LogP contribution in [0.4, 0.5) is 0 Å². The van der Waals surface area contributed by atoms with E-state index in [0.29, 0.717) is 0 Å². The molecule has 0 fully saturated rings. The number of aliphatic hydroxyl groups is 3. The Labute approximate surface area is 146 Å². The third-order valence-electron chi connectivity index (χ3n) is 1.67. The Balaban J connectivity index is 0. The number of phosphoric acid groups is 1. The molecule has 0 spiro atoms. The van der Waals surface area contributed by atoms with E-state index in [1.807, 2.05) is 0 Å². The van der Waals surface area contributed by atoms with E-state index in [0.717, 1.165) is 0 Å². The van der Waals surface area contributed by atoms with Crippen LogP contribution in [0.15, 0.2) is 11.5 Å². The van der Waals surface area contributed by atoms with Gasteiger partial charge in [-0.3, -0.25) is 0 Å². The predicted molar refractivity (Wildman–Crippen MR) is 41.3 cm³/mol. The molecular formula is C6H7Na2O9P. The van der Waals surface area contributed by atoms with Crippen molar-refractivity contribution in [3.8, 4) is 0 Å². The normalized spacial score (nSPS) is 20.7. The molecule has 0 saturated heterocycles.